The van der Waals surface area contributed by atoms with Crippen molar-refractivity contribution in [1.82, 2.24) is 25.1 Å². The smallest absolute Gasteiger partial charge is 0.269 e. The van der Waals surface area contributed by atoms with Crippen LogP contribution in [-0.4, -0.2) is 30.0 Å². The normalized spacial score (nSPS) is 12.2. The van der Waals surface area contributed by atoms with Gasteiger partial charge in [-0.2, -0.15) is 0 Å². The molecule has 0 spiro atoms. The minimum Gasteiger partial charge on any atom is -0.469 e. The lowest BCUT2D eigenvalue weighted by Gasteiger charge is -2.06. The number of nitro groups is 1. The van der Waals surface area contributed by atoms with Crippen LogP contribution in [0.4, 0.5) is 5.69 Å². The van der Waals surface area contributed by atoms with Gasteiger partial charge in [0, 0.05) is 17.7 Å². The molecule has 0 saturated heterocycles. The number of aryl methyl sites for hydroxylation is 1. The molecule has 148 valence electrons. The van der Waals surface area contributed by atoms with Gasteiger partial charge >= 0.3 is 0 Å². The Kier molecular flexibility index (Phi) is 4.76. The molecule has 0 saturated carbocycles. The lowest BCUT2D eigenvalue weighted by molar-refractivity contribution is -0.384. The number of nitrogens with zero attached hydrogens (tertiary/aromatic N) is 6. The summed E-state index contributed by atoms with van der Waals surface area (Å²) in [4.78, 5) is 10.3. The summed E-state index contributed by atoms with van der Waals surface area (Å²) in [6.45, 7) is 3.69. The van der Waals surface area contributed by atoms with Crippen LogP contribution in [0.1, 0.15) is 23.8 Å². The van der Waals surface area contributed by atoms with Gasteiger partial charge in [-0.3, -0.25) is 10.1 Å². The average molecular weight is 413 g/mol. The zero-order chi connectivity index (χ0) is 20.5. The molecule has 0 radical (unpaired) electrons. The van der Waals surface area contributed by atoms with E-state index in [2.05, 4.69) is 20.4 Å². The third kappa shape index (κ3) is 3.57. The molecule has 1 aromatic carbocycles. The van der Waals surface area contributed by atoms with Crippen LogP contribution in [0.25, 0.3) is 22.8 Å². The molecule has 11 nitrogen and oxygen atoms in total. The van der Waals surface area contributed by atoms with E-state index in [-0.39, 0.29) is 16.8 Å². The van der Waals surface area contributed by atoms with E-state index in [0.717, 1.165) is 5.56 Å². The topological polar surface area (TPSA) is 152 Å². The molecule has 12 heteroatoms. The first kappa shape index (κ1) is 18.7. The highest BCUT2D eigenvalue weighted by atomic mass is 32.2. The third-order valence-electron chi connectivity index (χ3n) is 4.16. The molecule has 0 aliphatic heterocycles. The fourth-order valence-corrected chi connectivity index (χ4v) is 3.41. The van der Waals surface area contributed by atoms with E-state index in [0.29, 0.717) is 28.2 Å². The summed E-state index contributed by atoms with van der Waals surface area (Å²) in [5, 5.41) is 27.3. The summed E-state index contributed by atoms with van der Waals surface area (Å²) in [7, 11) is 0. The zero-order valence-electron chi connectivity index (χ0n) is 15.3. The van der Waals surface area contributed by atoms with Crippen LogP contribution < -0.4 is 5.84 Å². The number of hydrogen-bond donors (Lipinski definition) is 1. The molecule has 1 unspecified atom stereocenters. The number of furan rings is 1. The largest absolute Gasteiger partial charge is 0.469 e. The Balaban J connectivity index is 1.51. The highest BCUT2D eigenvalue weighted by Crippen LogP contribution is 2.35. The molecule has 4 aromatic rings. The van der Waals surface area contributed by atoms with Gasteiger partial charge in [-0.05, 0) is 32.0 Å². The molecular formula is C17H15N7O4S. The number of nitro benzene ring substituents is 1. The Bertz CT molecular complexity index is 1160. The second kappa shape index (κ2) is 7.39. The van der Waals surface area contributed by atoms with Gasteiger partial charge in [0.25, 0.3) is 5.69 Å². The predicted octanol–water partition coefficient (Wildman–Crippen LogP) is 3.37. The molecule has 4 rings (SSSR count). The molecule has 29 heavy (non-hydrogen) atoms. The van der Waals surface area contributed by atoms with E-state index < -0.39 is 4.92 Å². The maximum Gasteiger partial charge on any atom is 0.269 e. The standard InChI is InChI=1S/C17H15N7O4S/c1-9-13(7-8-27-9)14-19-22-17(23(14)18)29-10(2)15-20-21-16(28-15)11-3-5-12(6-4-11)24(25)26/h3-8,10H,18H2,1-2H3. The molecule has 3 heterocycles. The van der Waals surface area contributed by atoms with E-state index >= 15 is 0 Å². The second-order valence-electron chi connectivity index (χ2n) is 6.08. The molecule has 0 amide bonds. The number of nitrogen functional groups attached to an aromatic ring is 1. The monoisotopic (exact) mass is 413 g/mol. The van der Waals surface area contributed by atoms with E-state index in [9.17, 15) is 10.1 Å². The van der Waals surface area contributed by atoms with Gasteiger partial charge in [-0.1, -0.05) is 11.8 Å². The minimum absolute atomic E-state index is 0.0108. The molecule has 1 atom stereocenters. The first-order valence-corrected chi connectivity index (χ1v) is 9.32. The molecule has 2 N–H and O–H groups in total. The van der Waals surface area contributed by atoms with E-state index in [1.807, 2.05) is 13.8 Å². The van der Waals surface area contributed by atoms with Gasteiger partial charge in [0.1, 0.15) is 5.76 Å². The summed E-state index contributed by atoms with van der Waals surface area (Å²) in [6.07, 6.45) is 1.56. The van der Waals surface area contributed by atoms with Crippen LogP contribution in [0, 0.1) is 17.0 Å². The zero-order valence-corrected chi connectivity index (χ0v) is 16.2. The van der Waals surface area contributed by atoms with Crippen molar-refractivity contribution >= 4 is 17.4 Å². The Morgan fingerprint density at radius 1 is 1.17 bits per heavy atom. The van der Waals surface area contributed by atoms with Crippen LogP contribution >= 0.6 is 11.8 Å². The molecule has 0 aliphatic carbocycles. The quantitative estimate of drug-likeness (QED) is 0.215. The van der Waals surface area contributed by atoms with Crippen LogP contribution in [0.5, 0.6) is 0 Å². The molecule has 3 aromatic heterocycles. The van der Waals surface area contributed by atoms with E-state index in [4.69, 9.17) is 14.7 Å². The number of benzene rings is 1. The minimum atomic E-state index is -0.468. The second-order valence-corrected chi connectivity index (χ2v) is 7.38. The van der Waals surface area contributed by atoms with Crippen molar-refractivity contribution in [3.8, 4) is 22.8 Å². The third-order valence-corrected chi connectivity index (χ3v) is 5.20. The van der Waals surface area contributed by atoms with Crippen molar-refractivity contribution in [2.24, 2.45) is 0 Å². The van der Waals surface area contributed by atoms with E-state index in [1.165, 1.54) is 28.6 Å². The molecule has 0 fully saturated rings. The summed E-state index contributed by atoms with van der Waals surface area (Å²) in [5.41, 5.74) is 1.34. The predicted molar refractivity (Wildman–Crippen MR) is 103 cm³/mol. The number of hydrogen-bond acceptors (Lipinski definition) is 10. The SMILES string of the molecule is Cc1occc1-c1nnc(SC(C)c2nnc(-c3ccc([N+](=O)[O-])cc3)o2)n1N. The first-order chi connectivity index (χ1) is 13.9. The summed E-state index contributed by atoms with van der Waals surface area (Å²) in [6, 6.07) is 7.66. The van der Waals surface area contributed by atoms with Gasteiger partial charge in [0.15, 0.2) is 5.82 Å². The summed E-state index contributed by atoms with van der Waals surface area (Å²) in [5.74, 6) is 7.95. The van der Waals surface area contributed by atoms with Crippen LogP contribution in [0.2, 0.25) is 0 Å². The highest BCUT2D eigenvalue weighted by molar-refractivity contribution is 7.99. The molecule has 0 bridgehead atoms. The van der Waals surface area contributed by atoms with E-state index in [1.54, 1.807) is 24.5 Å². The number of non-ortho nitro benzene ring substituents is 1. The van der Waals surface area contributed by atoms with Crippen LogP contribution in [-0.2, 0) is 0 Å². The Labute approximate surface area is 168 Å². The van der Waals surface area contributed by atoms with Gasteiger partial charge in [-0.15, -0.1) is 20.4 Å². The fraction of sp³-hybridized carbons (Fsp3) is 0.176. The number of rotatable bonds is 6. The average Bonchev–Trinajstić information content (AvgIpc) is 3.43. The maximum atomic E-state index is 10.8. The Morgan fingerprint density at radius 3 is 2.59 bits per heavy atom. The van der Waals surface area contributed by atoms with Gasteiger partial charge < -0.3 is 14.7 Å². The molecule has 0 aliphatic rings. The van der Waals surface area contributed by atoms with Crippen molar-refractivity contribution in [2.45, 2.75) is 24.3 Å². The van der Waals surface area contributed by atoms with Crippen molar-refractivity contribution in [3.05, 3.63) is 58.4 Å². The van der Waals surface area contributed by atoms with Crippen molar-refractivity contribution in [2.75, 3.05) is 5.84 Å². The maximum absolute atomic E-state index is 10.8. The lowest BCUT2D eigenvalue weighted by Crippen LogP contribution is -2.12. The number of nitrogens with two attached hydrogens (primary N) is 1. The Hall–Kier alpha value is -3.67. The summed E-state index contributed by atoms with van der Waals surface area (Å²) < 4.78 is 12.4. The van der Waals surface area contributed by atoms with Gasteiger partial charge in [0.2, 0.25) is 16.9 Å². The highest BCUT2D eigenvalue weighted by Gasteiger charge is 2.22. The summed E-state index contributed by atoms with van der Waals surface area (Å²) >= 11 is 1.31. The van der Waals surface area contributed by atoms with Crippen molar-refractivity contribution in [3.63, 3.8) is 0 Å². The first-order valence-electron chi connectivity index (χ1n) is 8.44. The van der Waals surface area contributed by atoms with Crippen molar-refractivity contribution in [1.29, 1.82) is 0 Å². The van der Waals surface area contributed by atoms with Gasteiger partial charge in [0.05, 0.1) is 22.0 Å². The molecular weight excluding hydrogens is 398 g/mol. The van der Waals surface area contributed by atoms with Crippen LogP contribution in [0.15, 0.2) is 50.6 Å². The lowest BCUT2D eigenvalue weighted by atomic mass is 10.2. The van der Waals surface area contributed by atoms with Crippen LogP contribution in [0.3, 0.4) is 0 Å². The fourth-order valence-electron chi connectivity index (χ4n) is 2.61. The number of thioether (sulfide) groups is 1. The number of aromatic nitrogens is 5. The van der Waals surface area contributed by atoms with Gasteiger partial charge in [-0.25, -0.2) is 4.68 Å². The Morgan fingerprint density at radius 2 is 1.93 bits per heavy atom. The van der Waals surface area contributed by atoms with Crippen molar-refractivity contribution < 1.29 is 13.8 Å².